The third-order valence-corrected chi connectivity index (χ3v) is 4.34. The first kappa shape index (κ1) is 17.0. The standard InChI is InChI=1S/C18H15FN2O3S/c19-12-6-1-3-8-14(12)24-17(23)11-5-10-16(22)21-18-20-13-7-2-4-9-15(13)25-18/h1-4,6-9H,5,10-11H2,(H,20,21,22). The Kier molecular flexibility index (Phi) is 5.35. The Morgan fingerprint density at radius 3 is 2.64 bits per heavy atom. The first-order valence-corrected chi connectivity index (χ1v) is 8.54. The fourth-order valence-electron chi connectivity index (χ4n) is 2.20. The molecule has 0 radical (unpaired) electrons. The summed E-state index contributed by atoms with van der Waals surface area (Å²) in [5, 5.41) is 3.25. The highest BCUT2D eigenvalue weighted by Crippen LogP contribution is 2.25. The molecule has 0 saturated heterocycles. The van der Waals surface area contributed by atoms with Gasteiger partial charge in [-0.25, -0.2) is 9.37 Å². The number of anilines is 1. The van der Waals surface area contributed by atoms with Gasteiger partial charge in [0.2, 0.25) is 5.91 Å². The van der Waals surface area contributed by atoms with Crippen molar-refractivity contribution >= 4 is 38.6 Å². The van der Waals surface area contributed by atoms with Crippen molar-refractivity contribution in [1.29, 1.82) is 0 Å². The molecule has 3 rings (SSSR count). The number of benzene rings is 2. The zero-order valence-electron chi connectivity index (χ0n) is 13.2. The van der Waals surface area contributed by atoms with E-state index in [1.165, 1.54) is 29.5 Å². The molecule has 7 heteroatoms. The Hall–Kier alpha value is -2.80. The summed E-state index contributed by atoms with van der Waals surface area (Å²) in [5.41, 5.74) is 0.830. The van der Waals surface area contributed by atoms with Crippen LogP contribution in [0.4, 0.5) is 9.52 Å². The van der Waals surface area contributed by atoms with E-state index >= 15 is 0 Å². The fourth-order valence-corrected chi connectivity index (χ4v) is 3.08. The van der Waals surface area contributed by atoms with Crippen LogP contribution in [0.3, 0.4) is 0 Å². The number of thiazole rings is 1. The van der Waals surface area contributed by atoms with Gasteiger partial charge < -0.3 is 10.1 Å². The third-order valence-electron chi connectivity index (χ3n) is 3.39. The Morgan fingerprint density at radius 2 is 1.84 bits per heavy atom. The number of nitrogens with one attached hydrogen (secondary N) is 1. The smallest absolute Gasteiger partial charge is 0.311 e. The second-order valence-electron chi connectivity index (χ2n) is 5.29. The van der Waals surface area contributed by atoms with E-state index in [2.05, 4.69) is 10.3 Å². The molecule has 0 aliphatic heterocycles. The first-order chi connectivity index (χ1) is 12.1. The number of fused-ring (bicyclic) bond motifs is 1. The second-order valence-corrected chi connectivity index (χ2v) is 6.32. The number of para-hydroxylation sites is 2. The lowest BCUT2D eigenvalue weighted by molar-refractivity contribution is -0.134. The number of nitrogens with zero attached hydrogens (tertiary/aromatic N) is 1. The summed E-state index contributed by atoms with van der Waals surface area (Å²) in [4.78, 5) is 27.9. The molecule has 1 amide bonds. The SMILES string of the molecule is O=C(CCCC(=O)Oc1ccccc1F)Nc1nc2ccccc2s1. The Bertz CT molecular complexity index is 877. The average molecular weight is 358 g/mol. The molecule has 1 heterocycles. The van der Waals surface area contributed by atoms with Crippen LogP contribution < -0.4 is 10.1 Å². The molecule has 25 heavy (non-hydrogen) atoms. The number of ether oxygens (including phenoxy) is 1. The number of carbonyl (C=O) groups excluding carboxylic acids is 2. The molecule has 0 unspecified atom stereocenters. The maximum Gasteiger partial charge on any atom is 0.311 e. The number of hydrogen-bond acceptors (Lipinski definition) is 5. The quantitative estimate of drug-likeness (QED) is 0.531. The summed E-state index contributed by atoms with van der Waals surface area (Å²) >= 11 is 1.39. The predicted octanol–water partition coefficient (Wildman–Crippen LogP) is 4.15. The normalized spacial score (nSPS) is 10.6. The number of hydrogen-bond donors (Lipinski definition) is 1. The summed E-state index contributed by atoms with van der Waals surface area (Å²) < 4.78 is 19.3. The zero-order chi connectivity index (χ0) is 17.6. The van der Waals surface area contributed by atoms with Gasteiger partial charge in [0.05, 0.1) is 10.2 Å². The van der Waals surface area contributed by atoms with Gasteiger partial charge in [-0.15, -0.1) is 0 Å². The van der Waals surface area contributed by atoms with Gasteiger partial charge in [-0.2, -0.15) is 0 Å². The molecule has 0 aliphatic rings. The van der Waals surface area contributed by atoms with Crippen LogP contribution in [-0.2, 0) is 9.59 Å². The van der Waals surface area contributed by atoms with E-state index in [0.717, 1.165) is 10.2 Å². The molecule has 0 atom stereocenters. The van der Waals surface area contributed by atoms with Crippen molar-refractivity contribution in [1.82, 2.24) is 4.98 Å². The van der Waals surface area contributed by atoms with E-state index in [-0.39, 0.29) is 24.5 Å². The largest absolute Gasteiger partial charge is 0.423 e. The van der Waals surface area contributed by atoms with Gasteiger partial charge in [-0.3, -0.25) is 9.59 Å². The molecule has 128 valence electrons. The molecule has 1 N–H and O–H groups in total. The minimum Gasteiger partial charge on any atom is -0.423 e. The molecule has 2 aromatic carbocycles. The Balaban J connectivity index is 1.44. The Labute approximate surface area is 147 Å². The van der Waals surface area contributed by atoms with Crippen LogP contribution in [0.5, 0.6) is 5.75 Å². The monoisotopic (exact) mass is 358 g/mol. The van der Waals surface area contributed by atoms with Crippen LogP contribution in [0.2, 0.25) is 0 Å². The molecular formula is C18H15FN2O3S. The van der Waals surface area contributed by atoms with E-state index in [0.29, 0.717) is 11.6 Å². The summed E-state index contributed by atoms with van der Waals surface area (Å²) in [6.45, 7) is 0. The Morgan fingerprint density at radius 1 is 1.08 bits per heavy atom. The highest BCUT2D eigenvalue weighted by molar-refractivity contribution is 7.22. The summed E-state index contributed by atoms with van der Waals surface area (Å²) in [6, 6.07) is 13.3. The lowest BCUT2D eigenvalue weighted by Gasteiger charge is -2.05. The molecule has 0 aliphatic carbocycles. The minimum atomic E-state index is -0.593. The van der Waals surface area contributed by atoms with Crippen molar-refractivity contribution in [2.45, 2.75) is 19.3 Å². The van der Waals surface area contributed by atoms with Crippen molar-refractivity contribution < 1.29 is 18.7 Å². The summed E-state index contributed by atoms with van der Waals surface area (Å²) in [5.74, 6) is -1.49. The van der Waals surface area contributed by atoms with Crippen molar-refractivity contribution in [3.05, 3.63) is 54.3 Å². The van der Waals surface area contributed by atoms with Gasteiger partial charge in [0.1, 0.15) is 0 Å². The van der Waals surface area contributed by atoms with Gasteiger partial charge >= 0.3 is 5.97 Å². The summed E-state index contributed by atoms with van der Waals surface area (Å²) in [7, 11) is 0. The number of carbonyl (C=O) groups is 2. The fraction of sp³-hybridized carbons (Fsp3) is 0.167. The van der Waals surface area contributed by atoms with Gasteiger partial charge in [0.15, 0.2) is 16.7 Å². The van der Waals surface area contributed by atoms with Gasteiger partial charge in [-0.1, -0.05) is 35.6 Å². The topological polar surface area (TPSA) is 68.3 Å². The van der Waals surface area contributed by atoms with E-state index in [4.69, 9.17) is 4.74 Å². The molecule has 0 fully saturated rings. The van der Waals surface area contributed by atoms with E-state index < -0.39 is 11.8 Å². The number of rotatable bonds is 6. The lowest BCUT2D eigenvalue weighted by atomic mass is 10.2. The number of halogens is 1. The van der Waals surface area contributed by atoms with Crippen molar-refractivity contribution in [3.63, 3.8) is 0 Å². The van der Waals surface area contributed by atoms with Crippen LogP contribution in [-0.4, -0.2) is 16.9 Å². The highest BCUT2D eigenvalue weighted by Gasteiger charge is 2.11. The van der Waals surface area contributed by atoms with E-state index in [1.54, 1.807) is 6.07 Å². The number of esters is 1. The van der Waals surface area contributed by atoms with Crippen LogP contribution in [0.25, 0.3) is 10.2 Å². The van der Waals surface area contributed by atoms with Gasteiger partial charge in [0.25, 0.3) is 0 Å². The molecule has 0 spiro atoms. The lowest BCUT2D eigenvalue weighted by Crippen LogP contribution is -2.13. The van der Waals surface area contributed by atoms with Crippen LogP contribution in [0.15, 0.2) is 48.5 Å². The van der Waals surface area contributed by atoms with Crippen molar-refractivity contribution in [3.8, 4) is 5.75 Å². The van der Waals surface area contributed by atoms with Gasteiger partial charge in [-0.05, 0) is 30.7 Å². The predicted molar refractivity (Wildman–Crippen MR) is 94.1 cm³/mol. The van der Waals surface area contributed by atoms with Gasteiger partial charge in [0, 0.05) is 12.8 Å². The highest BCUT2D eigenvalue weighted by atomic mass is 32.1. The first-order valence-electron chi connectivity index (χ1n) is 7.72. The van der Waals surface area contributed by atoms with E-state index in [1.807, 2.05) is 24.3 Å². The van der Waals surface area contributed by atoms with Crippen LogP contribution in [0.1, 0.15) is 19.3 Å². The zero-order valence-corrected chi connectivity index (χ0v) is 14.0. The average Bonchev–Trinajstić information content (AvgIpc) is 2.99. The maximum atomic E-state index is 13.4. The number of aromatic nitrogens is 1. The summed E-state index contributed by atoms with van der Waals surface area (Å²) in [6.07, 6.45) is 0.494. The number of amides is 1. The van der Waals surface area contributed by atoms with Crippen molar-refractivity contribution in [2.75, 3.05) is 5.32 Å². The molecule has 1 aromatic heterocycles. The van der Waals surface area contributed by atoms with Crippen LogP contribution >= 0.6 is 11.3 Å². The maximum absolute atomic E-state index is 13.4. The molecule has 0 bridgehead atoms. The molecule has 5 nitrogen and oxygen atoms in total. The molecule has 0 saturated carbocycles. The van der Waals surface area contributed by atoms with E-state index in [9.17, 15) is 14.0 Å². The molecular weight excluding hydrogens is 343 g/mol. The minimum absolute atomic E-state index is 0.0294. The second kappa shape index (κ2) is 7.85. The third kappa shape index (κ3) is 4.60. The van der Waals surface area contributed by atoms with Crippen LogP contribution in [0, 0.1) is 5.82 Å². The molecule has 3 aromatic rings. The van der Waals surface area contributed by atoms with Crippen molar-refractivity contribution in [2.24, 2.45) is 0 Å².